The van der Waals surface area contributed by atoms with Crippen LogP contribution in [-0.2, 0) is 14.3 Å². The molecule has 3 rings (SSSR count). The van der Waals surface area contributed by atoms with Gasteiger partial charge in [0, 0.05) is 42.7 Å². The van der Waals surface area contributed by atoms with Crippen molar-refractivity contribution in [2.24, 2.45) is 22.0 Å². The van der Waals surface area contributed by atoms with Crippen molar-refractivity contribution >= 4 is 60.2 Å². The van der Waals surface area contributed by atoms with E-state index in [0.717, 1.165) is 6.42 Å². The van der Waals surface area contributed by atoms with Crippen LogP contribution in [-0.4, -0.2) is 72.6 Å². The second-order valence-corrected chi connectivity index (χ2v) is 13.4. The van der Waals surface area contributed by atoms with Crippen molar-refractivity contribution in [3.05, 3.63) is 81.2 Å². The molecule has 15 nitrogen and oxygen atoms in total. The SMILES string of the molecule is C=N/N=C\N(N)c1ccc(Cl)cc1/C=C/C(=O)N[C@@H](CC(C)CCCN(C)C(=O)OC(C)(C)C)c1cc(-c2ccc(NC(=O)OC)cc2)c(=O)[nH]n1. The molecular weight excluding hydrogens is 690 g/mol. The van der Waals surface area contributed by atoms with Gasteiger partial charge in [-0.15, -0.1) is 5.10 Å². The number of nitrogens with one attached hydrogen (secondary N) is 3. The van der Waals surface area contributed by atoms with Crippen molar-refractivity contribution in [3.8, 4) is 11.1 Å². The number of aromatic nitrogens is 2. The first-order valence-electron chi connectivity index (χ1n) is 16.4. The summed E-state index contributed by atoms with van der Waals surface area (Å²) >= 11 is 6.24. The van der Waals surface area contributed by atoms with Gasteiger partial charge in [0.1, 0.15) is 11.9 Å². The molecule has 1 aromatic heterocycles. The largest absolute Gasteiger partial charge is 0.453 e. The Hall–Kier alpha value is -5.54. The lowest BCUT2D eigenvalue weighted by Crippen LogP contribution is -2.35. The van der Waals surface area contributed by atoms with Gasteiger partial charge in [0.15, 0.2) is 0 Å². The van der Waals surface area contributed by atoms with Crippen molar-refractivity contribution in [1.82, 2.24) is 20.4 Å². The molecule has 3 amide bonds. The molecule has 52 heavy (non-hydrogen) atoms. The Kier molecular flexibility index (Phi) is 15.1. The number of nitrogens with two attached hydrogens (primary N) is 1. The highest BCUT2D eigenvalue weighted by atomic mass is 35.5. The Balaban J connectivity index is 1.87. The van der Waals surface area contributed by atoms with Crippen LogP contribution in [0.1, 0.15) is 64.3 Å². The lowest BCUT2D eigenvalue weighted by molar-refractivity contribution is -0.117. The number of H-pyrrole nitrogens is 1. The van der Waals surface area contributed by atoms with Crippen LogP contribution in [0.3, 0.4) is 0 Å². The third kappa shape index (κ3) is 13.0. The predicted octanol–water partition coefficient (Wildman–Crippen LogP) is 6.14. The Morgan fingerprint density at radius 3 is 2.52 bits per heavy atom. The van der Waals surface area contributed by atoms with Gasteiger partial charge in [-0.1, -0.05) is 30.7 Å². The number of hydrazine groups is 1. The molecule has 0 aliphatic carbocycles. The van der Waals surface area contributed by atoms with Gasteiger partial charge in [0.05, 0.1) is 30.1 Å². The zero-order chi connectivity index (χ0) is 38.4. The van der Waals surface area contributed by atoms with Gasteiger partial charge in [-0.05, 0) is 94.0 Å². The maximum Gasteiger partial charge on any atom is 0.411 e. The molecule has 0 bridgehead atoms. The summed E-state index contributed by atoms with van der Waals surface area (Å²) in [6, 6.07) is 12.6. The van der Waals surface area contributed by atoms with Crippen molar-refractivity contribution < 1.29 is 23.9 Å². The zero-order valence-corrected chi connectivity index (χ0v) is 30.9. The number of rotatable bonds is 15. The topological polar surface area (TPSA) is 197 Å². The van der Waals surface area contributed by atoms with Crippen LogP contribution in [0.25, 0.3) is 17.2 Å². The van der Waals surface area contributed by atoms with Gasteiger partial charge in [-0.2, -0.15) is 10.2 Å². The average Bonchev–Trinajstić information content (AvgIpc) is 3.09. The summed E-state index contributed by atoms with van der Waals surface area (Å²) in [5, 5.41) is 21.2. The van der Waals surface area contributed by atoms with Gasteiger partial charge < -0.3 is 19.7 Å². The highest BCUT2D eigenvalue weighted by Crippen LogP contribution is 2.27. The molecule has 5 N–H and O–H groups in total. The smallest absolute Gasteiger partial charge is 0.411 e. The van der Waals surface area contributed by atoms with Crippen LogP contribution in [0.15, 0.2) is 69.6 Å². The number of carbonyl (C=O) groups is 3. The first-order valence-corrected chi connectivity index (χ1v) is 16.8. The molecule has 0 aliphatic rings. The van der Waals surface area contributed by atoms with Gasteiger partial charge >= 0.3 is 12.2 Å². The van der Waals surface area contributed by atoms with Crippen LogP contribution in [0, 0.1) is 5.92 Å². The van der Waals surface area contributed by atoms with E-state index in [-0.39, 0.29) is 5.92 Å². The number of nitrogens with zero attached hydrogens (tertiary/aromatic N) is 5. The van der Waals surface area contributed by atoms with Gasteiger partial charge in [0.25, 0.3) is 5.56 Å². The third-order valence-electron chi connectivity index (χ3n) is 7.60. The van der Waals surface area contributed by atoms with E-state index in [4.69, 9.17) is 22.2 Å². The molecule has 2 aromatic carbocycles. The van der Waals surface area contributed by atoms with Gasteiger partial charge in [0.2, 0.25) is 5.91 Å². The first-order chi connectivity index (χ1) is 24.6. The minimum absolute atomic E-state index is 0.0604. The van der Waals surface area contributed by atoms with E-state index >= 15 is 0 Å². The second kappa shape index (κ2) is 19.2. The van der Waals surface area contributed by atoms with E-state index in [1.165, 1.54) is 29.4 Å². The summed E-state index contributed by atoms with van der Waals surface area (Å²) in [4.78, 5) is 52.0. The number of halogens is 1. The van der Waals surface area contributed by atoms with Crippen LogP contribution in [0.5, 0.6) is 0 Å². The molecule has 1 unspecified atom stereocenters. The Morgan fingerprint density at radius 2 is 1.87 bits per heavy atom. The Labute approximate surface area is 307 Å². The van der Waals surface area contributed by atoms with E-state index in [1.54, 1.807) is 61.7 Å². The molecule has 0 spiro atoms. The highest BCUT2D eigenvalue weighted by Gasteiger charge is 2.22. The number of aromatic amines is 1. The van der Waals surface area contributed by atoms with E-state index in [1.807, 2.05) is 27.7 Å². The fourth-order valence-electron chi connectivity index (χ4n) is 5.03. The minimum atomic E-state index is -0.624. The monoisotopic (exact) mass is 735 g/mol. The highest BCUT2D eigenvalue weighted by molar-refractivity contribution is 6.30. The quantitative estimate of drug-likeness (QED) is 0.0466. The number of methoxy groups -OCH3 is 1. The molecule has 278 valence electrons. The Bertz CT molecular complexity index is 1820. The summed E-state index contributed by atoms with van der Waals surface area (Å²) in [7, 11) is 2.95. The maximum absolute atomic E-state index is 13.5. The number of amides is 3. The van der Waals surface area contributed by atoms with Crippen molar-refractivity contribution in [1.29, 1.82) is 0 Å². The fraction of sp³-hybridized carbons (Fsp3) is 0.361. The number of carbonyl (C=O) groups excluding carboxylic acids is 3. The summed E-state index contributed by atoms with van der Waals surface area (Å²) in [5.74, 6) is 5.71. The fourth-order valence-corrected chi connectivity index (χ4v) is 5.21. The number of hydrogen-bond acceptors (Lipinski definition) is 10. The molecule has 0 aliphatic heterocycles. The van der Waals surface area contributed by atoms with Crippen molar-refractivity contribution in [3.63, 3.8) is 0 Å². The van der Waals surface area contributed by atoms with E-state index in [0.29, 0.717) is 58.2 Å². The lowest BCUT2D eigenvalue weighted by Gasteiger charge is -2.25. The van der Waals surface area contributed by atoms with Crippen LogP contribution in [0.2, 0.25) is 5.02 Å². The van der Waals surface area contributed by atoms with E-state index in [2.05, 4.69) is 42.5 Å². The van der Waals surface area contributed by atoms with Crippen molar-refractivity contribution in [2.75, 3.05) is 31.0 Å². The molecule has 16 heteroatoms. The average molecular weight is 736 g/mol. The molecule has 1 heterocycles. The van der Waals surface area contributed by atoms with E-state index < -0.39 is 35.3 Å². The van der Waals surface area contributed by atoms with Crippen molar-refractivity contribution in [2.45, 2.75) is 58.6 Å². The third-order valence-corrected chi connectivity index (χ3v) is 7.83. The maximum atomic E-state index is 13.5. The lowest BCUT2D eigenvalue weighted by atomic mass is 9.94. The predicted molar refractivity (Wildman–Crippen MR) is 204 cm³/mol. The summed E-state index contributed by atoms with van der Waals surface area (Å²) in [6.45, 7) is 11.3. The van der Waals surface area contributed by atoms with Gasteiger partial charge in [-0.25, -0.2) is 20.5 Å². The molecule has 0 fully saturated rings. The normalized spacial score (nSPS) is 12.6. The van der Waals surface area contributed by atoms with E-state index in [9.17, 15) is 19.2 Å². The summed E-state index contributed by atoms with van der Waals surface area (Å²) < 4.78 is 10.1. The number of hydrogen-bond donors (Lipinski definition) is 4. The summed E-state index contributed by atoms with van der Waals surface area (Å²) in [6.07, 6.45) is 5.01. The number of benzene rings is 2. The standard InChI is InChI=1S/C36H46ClN9O6/c1-23(9-8-18-45(6)35(50)52-36(2,3)4)19-29(42-32(47)17-12-25-20-26(37)13-16-31(25)46(38)22-40-39-5)30-21-28(33(48)44-43-30)24-10-14-27(15-11-24)41-34(49)51-7/h10-17,20-23,29H,5,8-9,18-19,38H2,1-4,6-7H3,(H,41,49)(H,42,47)(H,44,48)/b17-12+,40-22-/t23?,29-/m0/s1. The first kappa shape index (κ1) is 40.9. The molecular formula is C36H46ClN9O6. The molecule has 0 saturated carbocycles. The number of ether oxygens (including phenoxy) is 2. The molecule has 3 aromatic rings. The number of anilines is 2. The van der Waals surface area contributed by atoms with Crippen LogP contribution < -0.4 is 27.0 Å². The Morgan fingerprint density at radius 1 is 1.15 bits per heavy atom. The van der Waals surface area contributed by atoms with Crippen LogP contribution >= 0.6 is 11.6 Å². The molecule has 2 atom stereocenters. The zero-order valence-electron chi connectivity index (χ0n) is 30.2. The minimum Gasteiger partial charge on any atom is -0.453 e. The molecule has 0 saturated heterocycles. The van der Waals surface area contributed by atoms with Gasteiger partial charge in [-0.3, -0.25) is 19.9 Å². The second-order valence-electron chi connectivity index (χ2n) is 13.0. The molecule has 0 radical (unpaired) electrons. The van der Waals surface area contributed by atoms with Crippen LogP contribution in [0.4, 0.5) is 21.0 Å². The summed E-state index contributed by atoms with van der Waals surface area (Å²) in [5.41, 5.74) is 1.80.